The third-order valence-corrected chi connectivity index (χ3v) is 3.46. The zero-order chi connectivity index (χ0) is 11.7. The highest BCUT2D eigenvalue weighted by Gasteiger charge is 2.11. The molecule has 0 spiro atoms. The van der Waals surface area contributed by atoms with Gasteiger partial charge in [0.25, 0.3) is 0 Å². The van der Waals surface area contributed by atoms with Gasteiger partial charge in [-0.15, -0.1) is 10.2 Å². The van der Waals surface area contributed by atoms with Crippen LogP contribution in [0.2, 0.25) is 0 Å². The quantitative estimate of drug-likeness (QED) is 0.782. The standard InChI is InChI=1S/C9H12N6S/c1-5-7(10)11-4-12-8(5)16-9-14-13-6(2)15(9)3/h4H,1-3H3,(H2,10,11,12). The van der Waals surface area contributed by atoms with E-state index in [-0.39, 0.29) is 0 Å². The van der Waals surface area contributed by atoms with Crippen LogP contribution in [0.3, 0.4) is 0 Å². The Morgan fingerprint density at radius 3 is 2.62 bits per heavy atom. The maximum absolute atomic E-state index is 5.71. The van der Waals surface area contributed by atoms with E-state index in [9.17, 15) is 0 Å². The zero-order valence-corrected chi connectivity index (χ0v) is 10.1. The average molecular weight is 236 g/mol. The molecule has 0 amide bonds. The molecule has 2 aromatic rings. The van der Waals surface area contributed by atoms with Crippen LogP contribution in [0.25, 0.3) is 0 Å². The minimum atomic E-state index is 0.497. The Kier molecular flexibility index (Phi) is 2.78. The molecule has 2 N–H and O–H groups in total. The van der Waals surface area contributed by atoms with E-state index >= 15 is 0 Å². The first-order valence-corrected chi connectivity index (χ1v) is 5.52. The molecule has 16 heavy (non-hydrogen) atoms. The molecule has 0 saturated heterocycles. The fourth-order valence-corrected chi connectivity index (χ4v) is 1.99. The van der Waals surface area contributed by atoms with Gasteiger partial charge in [-0.1, -0.05) is 0 Å². The predicted molar refractivity (Wildman–Crippen MR) is 61.0 cm³/mol. The van der Waals surface area contributed by atoms with Crippen molar-refractivity contribution in [3.8, 4) is 0 Å². The van der Waals surface area contributed by atoms with Crippen LogP contribution in [0.5, 0.6) is 0 Å². The summed E-state index contributed by atoms with van der Waals surface area (Å²) in [5.41, 5.74) is 6.58. The van der Waals surface area contributed by atoms with Crippen molar-refractivity contribution in [1.29, 1.82) is 0 Å². The van der Waals surface area contributed by atoms with Crippen LogP contribution < -0.4 is 5.73 Å². The highest BCUT2D eigenvalue weighted by atomic mass is 32.2. The maximum Gasteiger partial charge on any atom is 0.197 e. The molecule has 2 rings (SSSR count). The van der Waals surface area contributed by atoms with Crippen molar-refractivity contribution in [2.75, 3.05) is 5.73 Å². The topological polar surface area (TPSA) is 82.5 Å². The summed E-state index contributed by atoms with van der Waals surface area (Å²) in [7, 11) is 1.91. The molecule has 0 atom stereocenters. The van der Waals surface area contributed by atoms with Crippen LogP contribution in [-0.4, -0.2) is 24.7 Å². The fourth-order valence-electron chi connectivity index (χ4n) is 1.11. The largest absolute Gasteiger partial charge is 0.383 e. The summed E-state index contributed by atoms with van der Waals surface area (Å²) >= 11 is 1.43. The number of anilines is 1. The first-order valence-electron chi connectivity index (χ1n) is 4.70. The molecule has 84 valence electrons. The number of nitrogen functional groups attached to an aromatic ring is 1. The van der Waals surface area contributed by atoms with Gasteiger partial charge in [0, 0.05) is 12.6 Å². The van der Waals surface area contributed by atoms with Crippen molar-refractivity contribution in [3.63, 3.8) is 0 Å². The first-order chi connectivity index (χ1) is 7.59. The van der Waals surface area contributed by atoms with E-state index in [2.05, 4.69) is 20.2 Å². The summed E-state index contributed by atoms with van der Waals surface area (Å²) in [6, 6.07) is 0. The van der Waals surface area contributed by atoms with E-state index < -0.39 is 0 Å². The van der Waals surface area contributed by atoms with Gasteiger partial charge >= 0.3 is 0 Å². The molecule has 2 heterocycles. The van der Waals surface area contributed by atoms with Gasteiger partial charge in [0.15, 0.2) is 5.16 Å². The lowest BCUT2D eigenvalue weighted by Gasteiger charge is -2.05. The van der Waals surface area contributed by atoms with Crippen LogP contribution in [0.1, 0.15) is 11.4 Å². The number of nitrogens with two attached hydrogens (primary N) is 1. The minimum Gasteiger partial charge on any atom is -0.383 e. The summed E-state index contributed by atoms with van der Waals surface area (Å²) in [5.74, 6) is 1.36. The second kappa shape index (κ2) is 4.09. The lowest BCUT2D eigenvalue weighted by molar-refractivity contribution is 0.764. The number of aromatic nitrogens is 5. The number of rotatable bonds is 2. The monoisotopic (exact) mass is 236 g/mol. The molecule has 0 fully saturated rings. The van der Waals surface area contributed by atoms with Crippen molar-refractivity contribution in [3.05, 3.63) is 17.7 Å². The second-order valence-corrected chi connectivity index (χ2v) is 4.34. The Morgan fingerprint density at radius 2 is 2.00 bits per heavy atom. The second-order valence-electron chi connectivity index (χ2n) is 3.38. The highest BCUT2D eigenvalue weighted by molar-refractivity contribution is 7.99. The van der Waals surface area contributed by atoms with Gasteiger partial charge in [-0.05, 0) is 25.6 Å². The number of hydrogen-bond donors (Lipinski definition) is 1. The first kappa shape index (κ1) is 10.9. The molecule has 6 nitrogen and oxygen atoms in total. The van der Waals surface area contributed by atoms with Gasteiger partial charge < -0.3 is 10.3 Å². The van der Waals surface area contributed by atoms with E-state index in [0.717, 1.165) is 21.6 Å². The molecule has 0 radical (unpaired) electrons. The van der Waals surface area contributed by atoms with Crippen molar-refractivity contribution in [2.45, 2.75) is 24.0 Å². The maximum atomic E-state index is 5.71. The number of nitrogens with zero attached hydrogens (tertiary/aromatic N) is 5. The molecule has 0 unspecified atom stereocenters. The predicted octanol–water partition coefficient (Wildman–Crippen LogP) is 0.955. The smallest absolute Gasteiger partial charge is 0.197 e. The average Bonchev–Trinajstić information content (AvgIpc) is 2.57. The molecule has 2 aromatic heterocycles. The molecular formula is C9H12N6S. The van der Waals surface area contributed by atoms with Crippen LogP contribution in [0.4, 0.5) is 5.82 Å². The molecule has 0 aliphatic carbocycles. The van der Waals surface area contributed by atoms with E-state index in [0.29, 0.717) is 5.82 Å². The van der Waals surface area contributed by atoms with Crippen molar-refractivity contribution in [2.24, 2.45) is 7.05 Å². The zero-order valence-electron chi connectivity index (χ0n) is 9.30. The van der Waals surface area contributed by atoms with Gasteiger partial charge in [0.1, 0.15) is 23.0 Å². The lowest BCUT2D eigenvalue weighted by Crippen LogP contribution is -1.99. The van der Waals surface area contributed by atoms with E-state index in [1.54, 1.807) is 0 Å². The van der Waals surface area contributed by atoms with Crippen LogP contribution in [-0.2, 0) is 7.05 Å². The van der Waals surface area contributed by atoms with Gasteiger partial charge in [-0.2, -0.15) is 0 Å². The molecule has 0 saturated carbocycles. The van der Waals surface area contributed by atoms with E-state index in [1.807, 2.05) is 25.5 Å². The van der Waals surface area contributed by atoms with Crippen LogP contribution >= 0.6 is 11.8 Å². The minimum absolute atomic E-state index is 0.497. The third-order valence-electron chi connectivity index (χ3n) is 2.32. The van der Waals surface area contributed by atoms with Crippen molar-refractivity contribution >= 4 is 17.6 Å². The molecule has 0 aliphatic rings. The fraction of sp³-hybridized carbons (Fsp3) is 0.333. The van der Waals surface area contributed by atoms with Gasteiger partial charge in [-0.3, -0.25) is 0 Å². The Morgan fingerprint density at radius 1 is 1.25 bits per heavy atom. The third kappa shape index (κ3) is 1.85. The lowest BCUT2D eigenvalue weighted by atomic mass is 10.4. The van der Waals surface area contributed by atoms with E-state index in [1.165, 1.54) is 18.1 Å². The summed E-state index contributed by atoms with van der Waals surface area (Å²) in [4.78, 5) is 8.09. The van der Waals surface area contributed by atoms with Crippen molar-refractivity contribution < 1.29 is 0 Å². The van der Waals surface area contributed by atoms with Crippen LogP contribution in [0, 0.1) is 13.8 Å². The summed E-state index contributed by atoms with van der Waals surface area (Å²) in [6.07, 6.45) is 1.45. The SMILES string of the molecule is Cc1c(N)ncnc1Sc1nnc(C)n1C. The Hall–Kier alpha value is -1.63. The number of hydrogen-bond acceptors (Lipinski definition) is 6. The van der Waals surface area contributed by atoms with Gasteiger partial charge in [0.2, 0.25) is 0 Å². The molecule has 0 aromatic carbocycles. The Balaban J connectivity index is 2.34. The van der Waals surface area contributed by atoms with Gasteiger partial charge in [0.05, 0.1) is 0 Å². The normalized spacial score (nSPS) is 10.7. The summed E-state index contributed by atoms with van der Waals surface area (Å²) in [5, 5.41) is 9.64. The molecular weight excluding hydrogens is 224 g/mol. The van der Waals surface area contributed by atoms with E-state index in [4.69, 9.17) is 5.73 Å². The van der Waals surface area contributed by atoms with Crippen LogP contribution in [0.15, 0.2) is 16.5 Å². The molecule has 0 bridgehead atoms. The summed E-state index contributed by atoms with van der Waals surface area (Å²) in [6.45, 7) is 3.79. The van der Waals surface area contributed by atoms with Crippen molar-refractivity contribution in [1.82, 2.24) is 24.7 Å². The number of aryl methyl sites for hydroxylation is 1. The summed E-state index contributed by atoms with van der Waals surface area (Å²) < 4.78 is 1.91. The van der Waals surface area contributed by atoms with Gasteiger partial charge in [-0.25, -0.2) is 9.97 Å². The molecule has 0 aliphatic heterocycles. The Bertz CT molecular complexity index is 521. The Labute approximate surface area is 97.3 Å². The highest BCUT2D eigenvalue weighted by Crippen LogP contribution is 2.28. The molecule has 7 heteroatoms.